The smallest absolute Gasteiger partial charge is 0.322 e. The molecular weight excluding hydrogens is 250 g/mol. The number of hydrogen-bond acceptors (Lipinski definition) is 4. The average molecular weight is 267 g/mol. The third kappa shape index (κ3) is 4.17. The van der Waals surface area contributed by atoms with Crippen LogP contribution in [0.25, 0.3) is 0 Å². The van der Waals surface area contributed by atoms with E-state index in [-0.39, 0.29) is 18.9 Å². The lowest BCUT2D eigenvalue weighted by atomic mass is 10.0. The lowest BCUT2D eigenvalue weighted by Gasteiger charge is -2.12. The van der Waals surface area contributed by atoms with E-state index in [4.69, 9.17) is 14.6 Å². The second-order valence-corrected chi connectivity index (χ2v) is 3.98. The van der Waals surface area contributed by atoms with Gasteiger partial charge in [-0.15, -0.1) is 0 Å². The molecule has 1 aromatic rings. The van der Waals surface area contributed by atoms with Crippen LogP contribution in [0.3, 0.4) is 0 Å². The fourth-order valence-electron chi connectivity index (χ4n) is 1.62. The highest BCUT2D eigenvalue weighted by Gasteiger charge is 2.12. The summed E-state index contributed by atoms with van der Waals surface area (Å²) in [6.45, 7) is 1.47. The largest absolute Gasteiger partial charge is 0.493 e. The van der Waals surface area contributed by atoms with Gasteiger partial charge in [0.05, 0.1) is 20.6 Å². The minimum atomic E-state index is -1.07. The summed E-state index contributed by atoms with van der Waals surface area (Å²) in [6.07, 6.45) is 0.0967. The Bertz CT molecular complexity index is 484. The molecule has 6 heteroatoms. The second kappa shape index (κ2) is 6.63. The maximum atomic E-state index is 11.6. The highest BCUT2D eigenvalue weighted by molar-refractivity contribution is 5.83. The summed E-state index contributed by atoms with van der Waals surface area (Å²) in [5.41, 5.74) is 1.64. The molecule has 0 aliphatic rings. The molecule has 0 saturated carbocycles. The van der Waals surface area contributed by atoms with Crippen LogP contribution in [0.1, 0.15) is 11.1 Å². The molecule has 0 aliphatic carbocycles. The number of benzene rings is 1. The molecule has 104 valence electrons. The van der Waals surface area contributed by atoms with Gasteiger partial charge in [0, 0.05) is 0 Å². The summed E-state index contributed by atoms with van der Waals surface area (Å²) in [6, 6.07) is 3.49. The molecule has 1 rings (SSSR count). The van der Waals surface area contributed by atoms with Crippen LogP contribution in [-0.2, 0) is 16.0 Å². The number of ether oxygens (including phenoxy) is 2. The molecule has 6 nitrogen and oxygen atoms in total. The van der Waals surface area contributed by atoms with Crippen LogP contribution in [-0.4, -0.2) is 37.7 Å². The fourth-order valence-corrected chi connectivity index (χ4v) is 1.62. The quantitative estimate of drug-likeness (QED) is 0.794. The maximum Gasteiger partial charge on any atom is 0.322 e. The molecular formula is C13H17NO5. The maximum absolute atomic E-state index is 11.6. The van der Waals surface area contributed by atoms with Gasteiger partial charge in [-0.05, 0) is 30.2 Å². The van der Waals surface area contributed by atoms with Gasteiger partial charge in [-0.1, -0.05) is 0 Å². The van der Waals surface area contributed by atoms with Crippen LogP contribution >= 0.6 is 0 Å². The van der Waals surface area contributed by atoms with Crippen molar-refractivity contribution in [2.45, 2.75) is 13.3 Å². The molecule has 0 unspecified atom stereocenters. The number of aryl methyl sites for hydroxylation is 1. The molecule has 1 aromatic carbocycles. The molecule has 0 radical (unpaired) electrons. The first-order valence-electron chi connectivity index (χ1n) is 5.68. The highest BCUT2D eigenvalue weighted by atomic mass is 16.5. The minimum absolute atomic E-state index is 0.0967. The van der Waals surface area contributed by atoms with E-state index < -0.39 is 5.97 Å². The number of hydrogen-bond donors (Lipinski definition) is 2. The molecule has 1 amide bonds. The van der Waals surface area contributed by atoms with Crippen LogP contribution in [0.15, 0.2) is 12.1 Å². The predicted molar refractivity (Wildman–Crippen MR) is 68.6 cm³/mol. The van der Waals surface area contributed by atoms with Crippen molar-refractivity contribution in [3.8, 4) is 11.5 Å². The Morgan fingerprint density at radius 2 is 1.79 bits per heavy atom. The van der Waals surface area contributed by atoms with E-state index in [2.05, 4.69) is 5.32 Å². The minimum Gasteiger partial charge on any atom is -0.493 e. The van der Waals surface area contributed by atoms with Crippen molar-refractivity contribution in [1.82, 2.24) is 5.32 Å². The van der Waals surface area contributed by atoms with Crippen LogP contribution in [0, 0.1) is 6.92 Å². The van der Waals surface area contributed by atoms with Gasteiger partial charge >= 0.3 is 5.97 Å². The number of rotatable bonds is 6. The van der Waals surface area contributed by atoms with Gasteiger partial charge in [-0.3, -0.25) is 9.59 Å². The van der Waals surface area contributed by atoms with Gasteiger partial charge < -0.3 is 19.9 Å². The van der Waals surface area contributed by atoms with Crippen LogP contribution < -0.4 is 14.8 Å². The first-order valence-corrected chi connectivity index (χ1v) is 5.68. The van der Waals surface area contributed by atoms with Crippen molar-refractivity contribution in [2.24, 2.45) is 0 Å². The highest BCUT2D eigenvalue weighted by Crippen LogP contribution is 2.30. The van der Waals surface area contributed by atoms with Crippen LogP contribution in [0.2, 0.25) is 0 Å². The van der Waals surface area contributed by atoms with Gasteiger partial charge in [0.25, 0.3) is 0 Å². The van der Waals surface area contributed by atoms with Crippen molar-refractivity contribution in [3.05, 3.63) is 23.3 Å². The number of aliphatic carboxylic acids is 1. The molecule has 0 heterocycles. The molecule has 0 spiro atoms. The lowest BCUT2D eigenvalue weighted by Crippen LogP contribution is -2.30. The van der Waals surface area contributed by atoms with Crippen LogP contribution in [0.5, 0.6) is 11.5 Å². The van der Waals surface area contributed by atoms with E-state index in [1.165, 1.54) is 14.2 Å². The van der Waals surface area contributed by atoms with E-state index in [1.807, 2.05) is 6.92 Å². The number of methoxy groups -OCH3 is 2. The normalized spacial score (nSPS) is 9.84. The van der Waals surface area contributed by atoms with E-state index in [0.29, 0.717) is 11.5 Å². The van der Waals surface area contributed by atoms with Gasteiger partial charge in [-0.25, -0.2) is 0 Å². The van der Waals surface area contributed by atoms with Crippen LogP contribution in [0.4, 0.5) is 0 Å². The van der Waals surface area contributed by atoms with E-state index in [1.54, 1.807) is 12.1 Å². The van der Waals surface area contributed by atoms with Crippen molar-refractivity contribution in [3.63, 3.8) is 0 Å². The number of carbonyl (C=O) groups is 2. The third-order valence-corrected chi connectivity index (χ3v) is 2.63. The summed E-state index contributed by atoms with van der Waals surface area (Å²) >= 11 is 0. The summed E-state index contributed by atoms with van der Waals surface area (Å²) in [7, 11) is 3.05. The van der Waals surface area contributed by atoms with Crippen molar-refractivity contribution in [1.29, 1.82) is 0 Å². The molecule has 0 saturated heterocycles. The van der Waals surface area contributed by atoms with Crippen molar-refractivity contribution in [2.75, 3.05) is 20.8 Å². The Hall–Kier alpha value is -2.24. The van der Waals surface area contributed by atoms with Crippen molar-refractivity contribution < 1.29 is 24.2 Å². The Morgan fingerprint density at radius 1 is 1.21 bits per heavy atom. The first kappa shape index (κ1) is 14.8. The summed E-state index contributed by atoms with van der Waals surface area (Å²) in [5.74, 6) is -0.293. The number of carbonyl (C=O) groups excluding carboxylic acids is 1. The zero-order valence-electron chi connectivity index (χ0n) is 11.1. The number of amides is 1. The van der Waals surface area contributed by atoms with Gasteiger partial charge in [-0.2, -0.15) is 0 Å². The summed E-state index contributed by atoms with van der Waals surface area (Å²) in [5, 5.41) is 10.8. The molecule has 2 N–H and O–H groups in total. The molecule has 0 aliphatic heterocycles. The second-order valence-electron chi connectivity index (χ2n) is 3.98. The molecule has 0 atom stereocenters. The first-order chi connectivity index (χ1) is 8.97. The number of nitrogens with one attached hydrogen (secondary N) is 1. The summed E-state index contributed by atoms with van der Waals surface area (Å²) < 4.78 is 10.3. The number of carboxylic acids is 1. The molecule has 0 bridgehead atoms. The van der Waals surface area contributed by atoms with E-state index in [9.17, 15) is 9.59 Å². The van der Waals surface area contributed by atoms with Crippen molar-refractivity contribution >= 4 is 11.9 Å². The summed E-state index contributed by atoms with van der Waals surface area (Å²) in [4.78, 5) is 21.9. The van der Waals surface area contributed by atoms with Gasteiger partial charge in [0.1, 0.15) is 6.54 Å². The standard InChI is InChI=1S/C13H17NO5/c1-8-4-10(18-2)11(19-3)5-9(8)6-12(15)14-7-13(16)17/h4-5H,6-7H2,1-3H3,(H,14,15)(H,16,17). The average Bonchev–Trinajstić information content (AvgIpc) is 2.38. The zero-order chi connectivity index (χ0) is 14.4. The molecule has 0 aromatic heterocycles. The zero-order valence-corrected chi connectivity index (χ0v) is 11.1. The lowest BCUT2D eigenvalue weighted by molar-refractivity contribution is -0.137. The van der Waals surface area contributed by atoms with E-state index >= 15 is 0 Å². The SMILES string of the molecule is COc1cc(C)c(CC(=O)NCC(=O)O)cc1OC. The number of carboxylic acid groups (broad SMARTS) is 1. The Morgan fingerprint density at radius 3 is 2.32 bits per heavy atom. The van der Waals surface area contributed by atoms with Gasteiger partial charge in [0.15, 0.2) is 11.5 Å². The van der Waals surface area contributed by atoms with Gasteiger partial charge in [0.2, 0.25) is 5.91 Å². The molecule has 19 heavy (non-hydrogen) atoms. The van der Waals surface area contributed by atoms with E-state index in [0.717, 1.165) is 11.1 Å². The Kier molecular flexibility index (Phi) is 5.17. The monoisotopic (exact) mass is 267 g/mol. The molecule has 0 fully saturated rings. The third-order valence-electron chi connectivity index (χ3n) is 2.63. The Labute approximate surface area is 111 Å². The fraction of sp³-hybridized carbons (Fsp3) is 0.385. The topological polar surface area (TPSA) is 84.9 Å². The Balaban J connectivity index is 2.83. The predicted octanol–water partition coefficient (Wildman–Crippen LogP) is 0.756.